The zero-order valence-corrected chi connectivity index (χ0v) is 24.1. The molecule has 10 heteroatoms. The van der Waals surface area contributed by atoms with Crippen LogP contribution in [0.4, 0.5) is 16.3 Å². The number of H-pyrrole nitrogens is 1. The van der Waals surface area contributed by atoms with E-state index in [1.807, 2.05) is 50.2 Å². The summed E-state index contributed by atoms with van der Waals surface area (Å²) >= 11 is 0. The molecule has 0 saturated carbocycles. The number of urea groups is 1. The molecule has 2 fully saturated rings. The molecule has 0 radical (unpaired) electrons. The Morgan fingerprint density at radius 1 is 0.930 bits per heavy atom. The summed E-state index contributed by atoms with van der Waals surface area (Å²) in [4.78, 5) is 68.6. The lowest BCUT2D eigenvalue weighted by Gasteiger charge is -2.41. The normalized spacial score (nSPS) is 16.7. The van der Waals surface area contributed by atoms with Crippen LogP contribution in [0, 0.1) is 6.92 Å². The van der Waals surface area contributed by atoms with Gasteiger partial charge in [-0.05, 0) is 54.7 Å². The van der Waals surface area contributed by atoms with Crippen molar-refractivity contribution < 1.29 is 14.4 Å². The molecule has 2 aliphatic heterocycles. The predicted molar refractivity (Wildman–Crippen MR) is 163 cm³/mol. The van der Waals surface area contributed by atoms with Crippen LogP contribution in [0.3, 0.4) is 0 Å². The Morgan fingerprint density at radius 2 is 1.60 bits per heavy atom. The minimum atomic E-state index is -1.17. The first-order valence-electron chi connectivity index (χ1n) is 14.4. The van der Waals surface area contributed by atoms with Crippen LogP contribution in [0.25, 0.3) is 11.1 Å². The number of benzene rings is 2. The number of carbonyl (C=O) groups excluding carboxylic acids is 3. The Kier molecular flexibility index (Phi) is 7.45. The number of amides is 3. The number of piperidine rings is 1. The first-order chi connectivity index (χ1) is 20.8. The monoisotopic (exact) mass is 576 g/mol. The van der Waals surface area contributed by atoms with E-state index < -0.39 is 17.1 Å². The maximum absolute atomic E-state index is 14.3. The largest absolute Gasteiger partial charge is 0.338 e. The molecule has 1 spiro atoms. The van der Waals surface area contributed by atoms with Crippen LogP contribution < -0.4 is 15.4 Å². The number of nitrogens with one attached hydrogen (secondary N) is 1. The molecule has 43 heavy (non-hydrogen) atoms. The van der Waals surface area contributed by atoms with E-state index in [9.17, 15) is 19.2 Å². The number of nitrogens with zero attached hydrogens (tertiary/aromatic N) is 5. The fourth-order valence-corrected chi connectivity index (χ4v) is 5.97. The fraction of sp³-hybridized carbons (Fsp3) is 0.273. The summed E-state index contributed by atoms with van der Waals surface area (Å²) in [6.07, 6.45) is 4.24. The molecule has 2 aliphatic rings. The zero-order chi connectivity index (χ0) is 30.1. The Bertz CT molecular complexity index is 1740. The number of Topliss-reactive ketones (excluding diaryl/α,β-unsaturated/α-hetero) is 1. The average Bonchev–Trinajstić information content (AvgIpc) is 3.24. The van der Waals surface area contributed by atoms with E-state index in [4.69, 9.17) is 0 Å². The summed E-state index contributed by atoms with van der Waals surface area (Å²) in [6, 6.07) is 19.2. The number of imide groups is 1. The fourth-order valence-electron chi connectivity index (χ4n) is 5.97. The molecule has 3 amide bonds. The Hall–Kier alpha value is -4.96. The van der Waals surface area contributed by atoms with Crippen LogP contribution in [0.5, 0.6) is 0 Å². The highest BCUT2D eigenvalue weighted by Gasteiger charge is 2.59. The number of pyridine rings is 1. The molecular formula is C33H32N6O4. The van der Waals surface area contributed by atoms with Crippen LogP contribution in [0.1, 0.15) is 47.8 Å². The van der Waals surface area contributed by atoms with Crippen molar-refractivity contribution in [2.24, 2.45) is 0 Å². The van der Waals surface area contributed by atoms with E-state index in [2.05, 4.69) is 19.9 Å². The molecule has 2 aromatic carbocycles. The minimum Gasteiger partial charge on any atom is -0.313 e. The van der Waals surface area contributed by atoms with Gasteiger partial charge in [0.1, 0.15) is 11.4 Å². The first-order valence-corrected chi connectivity index (χ1v) is 14.4. The van der Waals surface area contributed by atoms with E-state index in [1.165, 1.54) is 22.2 Å². The standard InChI is InChI=1S/C33H32N6O4/c1-3-28(40)25-8-6-23(7-9-25)24-10-12-26(13-11-24)38-31(42)33(39(32(38)43)29-19-30(41)36-21-35-29)14-17-37(18-15-33)20-27-22(2)5-4-16-34-27/h4-13,16,19,21H,3,14-15,17-18,20H2,1-2H3,(H,35,36,41). The lowest BCUT2D eigenvalue weighted by atomic mass is 9.85. The van der Waals surface area contributed by atoms with Crippen molar-refractivity contribution in [1.82, 2.24) is 19.9 Å². The van der Waals surface area contributed by atoms with E-state index >= 15 is 0 Å². The number of likely N-dealkylation sites (tertiary alicyclic amines) is 1. The third-order valence-corrected chi connectivity index (χ3v) is 8.47. The molecular weight excluding hydrogens is 544 g/mol. The van der Waals surface area contributed by atoms with E-state index in [1.54, 1.807) is 30.5 Å². The van der Waals surface area contributed by atoms with Gasteiger partial charge < -0.3 is 4.98 Å². The number of aryl methyl sites for hydroxylation is 1. The molecule has 0 bridgehead atoms. The molecule has 218 valence electrons. The summed E-state index contributed by atoms with van der Waals surface area (Å²) in [5.41, 5.74) is 3.41. The van der Waals surface area contributed by atoms with Gasteiger partial charge in [0.25, 0.3) is 11.5 Å². The summed E-state index contributed by atoms with van der Waals surface area (Å²) in [5.74, 6) is -0.0978. The molecule has 4 aromatic rings. The van der Waals surface area contributed by atoms with Gasteiger partial charge in [0.05, 0.1) is 17.7 Å². The number of carbonyl (C=O) groups is 3. The van der Waals surface area contributed by atoms with E-state index in [0.717, 1.165) is 22.4 Å². The van der Waals surface area contributed by atoms with Gasteiger partial charge in [0.2, 0.25) is 0 Å². The topological polar surface area (TPSA) is 120 Å². The van der Waals surface area contributed by atoms with Crippen LogP contribution in [0.2, 0.25) is 0 Å². The third kappa shape index (κ3) is 5.14. The Labute approximate surface area is 249 Å². The van der Waals surface area contributed by atoms with Gasteiger partial charge in [-0.25, -0.2) is 14.7 Å². The lowest BCUT2D eigenvalue weighted by molar-refractivity contribution is -0.123. The second-order valence-corrected chi connectivity index (χ2v) is 11.0. The van der Waals surface area contributed by atoms with E-state index in [-0.39, 0.29) is 17.5 Å². The lowest BCUT2D eigenvalue weighted by Crippen LogP contribution is -2.57. The molecule has 0 aliphatic carbocycles. The van der Waals surface area contributed by atoms with Crippen molar-refractivity contribution in [3.63, 3.8) is 0 Å². The Morgan fingerprint density at radius 3 is 2.23 bits per heavy atom. The van der Waals surface area contributed by atoms with Gasteiger partial charge in [-0.1, -0.05) is 49.4 Å². The summed E-state index contributed by atoms with van der Waals surface area (Å²) in [7, 11) is 0. The molecule has 10 nitrogen and oxygen atoms in total. The molecule has 4 heterocycles. The summed E-state index contributed by atoms with van der Waals surface area (Å²) < 4.78 is 0. The second kappa shape index (κ2) is 11.4. The smallest absolute Gasteiger partial charge is 0.313 e. The molecule has 2 saturated heterocycles. The van der Waals surface area contributed by atoms with Gasteiger partial charge in [0.15, 0.2) is 5.78 Å². The highest BCUT2D eigenvalue weighted by molar-refractivity contribution is 6.30. The highest BCUT2D eigenvalue weighted by Crippen LogP contribution is 2.42. The Balaban J connectivity index is 1.29. The van der Waals surface area contributed by atoms with Crippen molar-refractivity contribution in [2.75, 3.05) is 22.9 Å². The molecule has 0 unspecified atom stereocenters. The number of rotatable bonds is 7. The molecule has 1 N–H and O–H groups in total. The third-order valence-electron chi connectivity index (χ3n) is 8.47. The number of anilines is 2. The predicted octanol–water partition coefficient (Wildman–Crippen LogP) is 4.74. The van der Waals surface area contributed by atoms with E-state index in [0.29, 0.717) is 50.1 Å². The van der Waals surface area contributed by atoms with Crippen molar-refractivity contribution in [3.05, 3.63) is 106 Å². The first kappa shape index (κ1) is 28.2. The van der Waals surface area contributed by atoms with Crippen molar-refractivity contribution in [3.8, 4) is 11.1 Å². The number of aromatic amines is 1. The number of ketones is 1. The minimum absolute atomic E-state index is 0.0824. The molecule has 0 atom stereocenters. The SMILES string of the molecule is CCC(=O)c1ccc(-c2ccc(N3C(=O)N(c4cc(=O)[nH]cn4)C4(CCN(Cc5ncccc5C)CC4)C3=O)cc2)cc1. The van der Waals surface area contributed by atoms with Crippen LogP contribution in [-0.4, -0.2) is 56.2 Å². The van der Waals surface area contributed by atoms with Crippen molar-refractivity contribution in [2.45, 2.75) is 45.2 Å². The average molecular weight is 577 g/mol. The number of aromatic nitrogens is 3. The highest BCUT2D eigenvalue weighted by atomic mass is 16.2. The second-order valence-electron chi connectivity index (χ2n) is 11.0. The number of hydrogen-bond acceptors (Lipinski definition) is 7. The van der Waals surface area contributed by atoms with Gasteiger partial charge in [-0.3, -0.25) is 29.2 Å². The zero-order valence-electron chi connectivity index (χ0n) is 24.1. The van der Waals surface area contributed by atoms with Gasteiger partial charge in [-0.2, -0.15) is 0 Å². The van der Waals surface area contributed by atoms with Crippen LogP contribution in [0.15, 0.2) is 84.0 Å². The van der Waals surface area contributed by atoms with Crippen LogP contribution in [-0.2, 0) is 11.3 Å². The molecule has 6 rings (SSSR count). The maximum Gasteiger partial charge on any atom is 0.338 e. The van der Waals surface area contributed by atoms with Gasteiger partial charge in [-0.15, -0.1) is 0 Å². The summed E-state index contributed by atoms with van der Waals surface area (Å²) in [5, 5.41) is 0. The van der Waals surface area contributed by atoms with Gasteiger partial charge >= 0.3 is 6.03 Å². The van der Waals surface area contributed by atoms with Crippen molar-refractivity contribution >= 4 is 29.2 Å². The maximum atomic E-state index is 14.3. The van der Waals surface area contributed by atoms with Crippen LogP contribution >= 0.6 is 0 Å². The van der Waals surface area contributed by atoms with Crippen molar-refractivity contribution in [1.29, 1.82) is 0 Å². The summed E-state index contributed by atoms with van der Waals surface area (Å²) in [6.45, 7) is 5.64. The molecule has 2 aromatic heterocycles. The number of hydrogen-bond donors (Lipinski definition) is 1. The van der Waals surface area contributed by atoms with Gasteiger partial charge in [0, 0.05) is 43.9 Å². The quantitative estimate of drug-likeness (QED) is 0.249.